The molecule has 13 heavy (non-hydrogen) atoms. The second-order valence-electron chi connectivity index (χ2n) is 2.80. The summed E-state index contributed by atoms with van der Waals surface area (Å²) >= 11 is 0. The molecule has 0 aliphatic rings. The van der Waals surface area contributed by atoms with Crippen molar-refractivity contribution in [3.8, 4) is 0 Å². The van der Waals surface area contributed by atoms with Gasteiger partial charge in [0.05, 0.1) is 5.52 Å². The summed E-state index contributed by atoms with van der Waals surface area (Å²) in [6, 6.07) is 10.0. The molecule has 0 radical (unpaired) electrons. The highest BCUT2D eigenvalue weighted by molar-refractivity contribution is 5.97. The van der Waals surface area contributed by atoms with Gasteiger partial charge in [0, 0.05) is 30.4 Å². The van der Waals surface area contributed by atoms with E-state index in [0.717, 1.165) is 16.5 Å². The van der Waals surface area contributed by atoms with Gasteiger partial charge in [-0.2, -0.15) is 0 Å². The van der Waals surface area contributed by atoms with Crippen LogP contribution in [0.2, 0.25) is 0 Å². The van der Waals surface area contributed by atoms with Crippen molar-refractivity contribution >= 4 is 17.1 Å². The molecule has 0 spiro atoms. The van der Waals surface area contributed by atoms with Crippen LogP contribution in [0.3, 0.4) is 0 Å². The van der Waals surface area contributed by atoms with Crippen LogP contribution in [-0.2, 0) is 0 Å². The smallest absolute Gasteiger partial charge is 0.0708 e. The number of aromatic nitrogens is 1. The van der Waals surface area contributed by atoms with Crippen LogP contribution in [0.15, 0.2) is 41.5 Å². The number of aliphatic imine (C=N–C) groups is 1. The lowest BCUT2D eigenvalue weighted by Crippen LogP contribution is -1.85. The Hall–Kier alpha value is -1.70. The number of para-hydroxylation sites is 1. The number of hydrogen-bond acceptors (Lipinski definition) is 2. The van der Waals surface area contributed by atoms with Gasteiger partial charge >= 0.3 is 0 Å². The molecule has 1 aromatic heterocycles. The number of hydrogen-bond donors (Lipinski definition) is 0. The van der Waals surface area contributed by atoms with Gasteiger partial charge in [-0.15, -0.1) is 0 Å². The van der Waals surface area contributed by atoms with Crippen LogP contribution in [0.1, 0.15) is 5.56 Å². The summed E-state index contributed by atoms with van der Waals surface area (Å²) in [7, 11) is 1.77. The molecule has 0 saturated heterocycles. The summed E-state index contributed by atoms with van der Waals surface area (Å²) < 4.78 is 0. The zero-order valence-corrected chi connectivity index (χ0v) is 7.44. The van der Waals surface area contributed by atoms with Crippen LogP contribution in [0.4, 0.5) is 0 Å². The highest BCUT2D eigenvalue weighted by Crippen LogP contribution is 2.13. The van der Waals surface area contributed by atoms with Crippen LogP contribution in [0.5, 0.6) is 0 Å². The molecule has 0 aliphatic heterocycles. The van der Waals surface area contributed by atoms with E-state index in [4.69, 9.17) is 0 Å². The van der Waals surface area contributed by atoms with Gasteiger partial charge in [0.1, 0.15) is 0 Å². The third-order valence-corrected chi connectivity index (χ3v) is 1.95. The zero-order valence-electron chi connectivity index (χ0n) is 7.44. The van der Waals surface area contributed by atoms with Crippen LogP contribution in [0.25, 0.3) is 10.9 Å². The topological polar surface area (TPSA) is 25.2 Å². The monoisotopic (exact) mass is 170 g/mol. The van der Waals surface area contributed by atoms with Crippen molar-refractivity contribution in [1.29, 1.82) is 0 Å². The average molecular weight is 170 g/mol. The summed E-state index contributed by atoms with van der Waals surface area (Å²) in [6.45, 7) is 0. The number of fused-ring (bicyclic) bond motifs is 1. The van der Waals surface area contributed by atoms with Crippen molar-refractivity contribution in [2.24, 2.45) is 4.99 Å². The van der Waals surface area contributed by atoms with Crippen LogP contribution in [-0.4, -0.2) is 18.2 Å². The molecule has 2 rings (SSSR count). The van der Waals surface area contributed by atoms with Gasteiger partial charge in [0.25, 0.3) is 0 Å². The molecule has 0 fully saturated rings. The quantitative estimate of drug-likeness (QED) is 0.603. The minimum atomic E-state index is 1.01. The van der Waals surface area contributed by atoms with E-state index in [1.807, 2.05) is 30.5 Å². The molecule has 1 aromatic carbocycles. The molecule has 0 unspecified atom stereocenters. The summed E-state index contributed by atoms with van der Waals surface area (Å²) in [5.74, 6) is 0. The maximum atomic E-state index is 4.26. The van der Waals surface area contributed by atoms with Crippen molar-refractivity contribution in [3.63, 3.8) is 0 Å². The molecule has 0 saturated carbocycles. The van der Waals surface area contributed by atoms with E-state index in [-0.39, 0.29) is 0 Å². The first kappa shape index (κ1) is 7.92. The van der Waals surface area contributed by atoms with Crippen LogP contribution < -0.4 is 0 Å². The van der Waals surface area contributed by atoms with E-state index >= 15 is 0 Å². The van der Waals surface area contributed by atoms with E-state index in [2.05, 4.69) is 16.0 Å². The average Bonchev–Trinajstić information content (AvgIpc) is 2.19. The fourth-order valence-corrected chi connectivity index (χ4v) is 1.37. The fourth-order valence-electron chi connectivity index (χ4n) is 1.37. The first-order valence-electron chi connectivity index (χ1n) is 4.18. The Morgan fingerprint density at radius 2 is 2.08 bits per heavy atom. The molecule has 0 bridgehead atoms. The highest BCUT2D eigenvalue weighted by atomic mass is 14.7. The maximum absolute atomic E-state index is 4.26. The van der Waals surface area contributed by atoms with Gasteiger partial charge < -0.3 is 0 Å². The van der Waals surface area contributed by atoms with Gasteiger partial charge in [-0.3, -0.25) is 9.98 Å². The lowest BCUT2D eigenvalue weighted by Gasteiger charge is -1.99. The minimum absolute atomic E-state index is 1.01. The fraction of sp³-hybridized carbons (Fsp3) is 0.0909. The van der Waals surface area contributed by atoms with E-state index in [9.17, 15) is 0 Å². The van der Waals surface area contributed by atoms with Gasteiger partial charge in [0.2, 0.25) is 0 Å². The highest BCUT2D eigenvalue weighted by Gasteiger charge is 1.96. The molecule has 0 N–H and O–H groups in total. The van der Waals surface area contributed by atoms with E-state index in [1.54, 1.807) is 13.2 Å². The van der Waals surface area contributed by atoms with Crippen molar-refractivity contribution in [2.45, 2.75) is 0 Å². The number of pyridine rings is 1. The summed E-state index contributed by atoms with van der Waals surface area (Å²) in [5, 5.41) is 1.15. The van der Waals surface area contributed by atoms with Gasteiger partial charge in [-0.05, 0) is 12.1 Å². The standard InChI is InChI=1S/C11H10N2/c1-12-8-9-6-7-13-11-5-3-2-4-10(9)11/h2-8H,1H3. The maximum Gasteiger partial charge on any atom is 0.0708 e. The second kappa shape index (κ2) is 3.35. The van der Waals surface area contributed by atoms with Crippen molar-refractivity contribution in [2.75, 3.05) is 7.05 Å². The van der Waals surface area contributed by atoms with Gasteiger partial charge in [-0.25, -0.2) is 0 Å². The minimum Gasteiger partial charge on any atom is -0.296 e. The molecule has 0 atom stereocenters. The van der Waals surface area contributed by atoms with E-state index in [1.165, 1.54) is 0 Å². The number of rotatable bonds is 1. The molecule has 2 heteroatoms. The van der Waals surface area contributed by atoms with E-state index in [0.29, 0.717) is 0 Å². The zero-order chi connectivity index (χ0) is 9.10. The molecule has 2 aromatic rings. The normalized spacial score (nSPS) is 11.2. The van der Waals surface area contributed by atoms with E-state index < -0.39 is 0 Å². The molecule has 64 valence electrons. The molecule has 0 amide bonds. The summed E-state index contributed by atoms with van der Waals surface area (Å²) in [6.07, 6.45) is 3.66. The van der Waals surface area contributed by atoms with Crippen molar-refractivity contribution in [3.05, 3.63) is 42.1 Å². The van der Waals surface area contributed by atoms with Crippen molar-refractivity contribution < 1.29 is 0 Å². The van der Waals surface area contributed by atoms with Crippen LogP contribution >= 0.6 is 0 Å². The van der Waals surface area contributed by atoms with Crippen LogP contribution in [0, 0.1) is 0 Å². The Kier molecular flexibility index (Phi) is 2.04. The number of benzene rings is 1. The predicted molar refractivity (Wildman–Crippen MR) is 55.3 cm³/mol. The molecule has 1 heterocycles. The lowest BCUT2D eigenvalue weighted by atomic mass is 10.1. The Morgan fingerprint density at radius 3 is 2.92 bits per heavy atom. The lowest BCUT2D eigenvalue weighted by molar-refractivity contribution is 1.40. The third kappa shape index (κ3) is 1.43. The Bertz CT molecular complexity index is 441. The Morgan fingerprint density at radius 1 is 1.23 bits per heavy atom. The molecular formula is C11H10N2. The summed E-state index contributed by atoms with van der Waals surface area (Å²) in [5.41, 5.74) is 2.13. The molecular weight excluding hydrogens is 160 g/mol. The SMILES string of the molecule is CN=Cc1ccnc2ccccc12. The molecule has 0 aliphatic carbocycles. The van der Waals surface area contributed by atoms with Gasteiger partial charge in [0.15, 0.2) is 0 Å². The Balaban J connectivity index is 2.75. The first-order chi connectivity index (χ1) is 6.42. The van der Waals surface area contributed by atoms with Crippen molar-refractivity contribution in [1.82, 2.24) is 4.98 Å². The second-order valence-corrected chi connectivity index (χ2v) is 2.80. The Labute approximate surface area is 77.0 Å². The predicted octanol–water partition coefficient (Wildman–Crippen LogP) is 2.28. The van der Waals surface area contributed by atoms with Gasteiger partial charge in [-0.1, -0.05) is 18.2 Å². The largest absolute Gasteiger partial charge is 0.296 e. The molecule has 2 nitrogen and oxygen atoms in total. The summed E-state index contributed by atoms with van der Waals surface area (Å²) in [4.78, 5) is 8.27. The first-order valence-corrected chi connectivity index (χ1v) is 4.18. The number of nitrogens with zero attached hydrogens (tertiary/aromatic N) is 2. The third-order valence-electron chi connectivity index (χ3n) is 1.95.